The Hall–Kier alpha value is -2.89. The molecule has 1 atom stereocenters. The summed E-state index contributed by atoms with van der Waals surface area (Å²) < 4.78 is 5.85. The monoisotopic (exact) mass is 430 g/mol. The third kappa shape index (κ3) is 4.95. The van der Waals surface area contributed by atoms with E-state index in [-0.39, 0.29) is 0 Å². The molecule has 32 heavy (non-hydrogen) atoms. The first-order valence-electron chi connectivity index (χ1n) is 11.6. The highest BCUT2D eigenvalue weighted by molar-refractivity contribution is 5.95. The van der Waals surface area contributed by atoms with Gasteiger partial charge in [-0.2, -0.15) is 0 Å². The van der Waals surface area contributed by atoms with E-state index < -0.39 is 0 Å². The highest BCUT2D eigenvalue weighted by Gasteiger charge is 2.24. The van der Waals surface area contributed by atoms with Crippen LogP contribution >= 0.6 is 0 Å². The van der Waals surface area contributed by atoms with Gasteiger partial charge in [-0.3, -0.25) is 4.90 Å². The predicted octanol–water partition coefficient (Wildman–Crippen LogP) is 5.21. The van der Waals surface area contributed by atoms with Crippen LogP contribution < -0.4 is 15.8 Å². The minimum absolute atomic E-state index is 0.451. The number of rotatable bonds is 9. The Bertz CT molecular complexity index is 1060. The van der Waals surface area contributed by atoms with Crippen molar-refractivity contribution in [3.05, 3.63) is 78.0 Å². The second-order valence-corrected chi connectivity index (χ2v) is 8.45. The van der Waals surface area contributed by atoms with Crippen molar-refractivity contribution in [2.24, 2.45) is 5.73 Å². The first-order valence-corrected chi connectivity index (χ1v) is 11.6. The second kappa shape index (κ2) is 10.6. The van der Waals surface area contributed by atoms with Crippen LogP contribution in [-0.2, 0) is 6.54 Å². The van der Waals surface area contributed by atoms with E-state index in [0.717, 1.165) is 47.7 Å². The van der Waals surface area contributed by atoms with Gasteiger partial charge >= 0.3 is 0 Å². The van der Waals surface area contributed by atoms with Crippen molar-refractivity contribution in [1.29, 1.82) is 0 Å². The summed E-state index contributed by atoms with van der Waals surface area (Å²) in [6.07, 6.45) is 5.76. The van der Waals surface area contributed by atoms with E-state index in [9.17, 15) is 0 Å². The number of ether oxygens (including phenoxy) is 1. The number of aromatic nitrogens is 1. The average molecular weight is 431 g/mol. The molecule has 0 aliphatic carbocycles. The second-order valence-electron chi connectivity index (χ2n) is 8.45. The number of nitrogens with one attached hydrogen (secondary N) is 1. The summed E-state index contributed by atoms with van der Waals surface area (Å²) in [5, 5.41) is 4.76. The van der Waals surface area contributed by atoms with Crippen molar-refractivity contribution in [3.8, 4) is 5.75 Å². The molecule has 0 amide bonds. The molecule has 1 aliphatic heterocycles. The number of anilines is 1. The van der Waals surface area contributed by atoms with Crippen molar-refractivity contribution in [2.75, 3.05) is 31.6 Å². The maximum atomic E-state index is 5.85. The molecular weight excluding hydrogens is 396 g/mol. The molecular formula is C27H34N4O. The van der Waals surface area contributed by atoms with Gasteiger partial charge in [-0.25, -0.2) is 4.98 Å². The Morgan fingerprint density at radius 3 is 2.94 bits per heavy atom. The number of benzene rings is 2. The summed E-state index contributed by atoms with van der Waals surface area (Å²) in [5.74, 6) is 0.780. The summed E-state index contributed by atoms with van der Waals surface area (Å²) >= 11 is 0. The minimum atomic E-state index is 0.451. The number of nitrogens with two attached hydrogens (primary N) is 1. The zero-order valence-corrected chi connectivity index (χ0v) is 19.0. The Morgan fingerprint density at radius 2 is 2.09 bits per heavy atom. The van der Waals surface area contributed by atoms with E-state index in [4.69, 9.17) is 15.5 Å². The third-order valence-electron chi connectivity index (χ3n) is 6.17. The molecule has 1 aromatic heterocycles. The van der Waals surface area contributed by atoms with Gasteiger partial charge in [0.25, 0.3) is 0 Å². The number of hydrogen-bond acceptors (Lipinski definition) is 5. The van der Waals surface area contributed by atoms with Gasteiger partial charge in [0.05, 0.1) is 0 Å². The van der Waals surface area contributed by atoms with Crippen LogP contribution in [0, 0.1) is 6.92 Å². The first kappa shape index (κ1) is 22.3. The lowest BCUT2D eigenvalue weighted by Gasteiger charge is -2.36. The van der Waals surface area contributed by atoms with Crippen molar-refractivity contribution >= 4 is 16.6 Å². The van der Waals surface area contributed by atoms with Crippen molar-refractivity contribution < 1.29 is 4.74 Å². The smallest absolute Gasteiger partial charge is 0.145 e. The molecule has 0 radical (unpaired) electrons. The number of piperidine rings is 1. The van der Waals surface area contributed by atoms with Gasteiger partial charge in [0.15, 0.2) is 0 Å². The van der Waals surface area contributed by atoms with E-state index >= 15 is 0 Å². The fourth-order valence-corrected chi connectivity index (χ4v) is 4.72. The number of pyridine rings is 1. The van der Waals surface area contributed by atoms with Gasteiger partial charge in [-0.05, 0) is 49.6 Å². The molecule has 1 aliphatic rings. The summed E-state index contributed by atoms with van der Waals surface area (Å²) in [5.41, 5.74) is 11.3. The fraction of sp³-hybridized carbons (Fsp3) is 0.370. The average Bonchev–Trinajstić information content (AvgIpc) is 2.82. The lowest BCUT2D eigenvalue weighted by atomic mass is 9.91. The number of hydrogen-bond donors (Lipinski definition) is 2. The van der Waals surface area contributed by atoms with Gasteiger partial charge in [0.2, 0.25) is 0 Å². The SMILES string of the molecule is C=CCN1CCCC[C@H]1c1ccccc1CNc1cc(C)nc2c(OCCN)cccc12. The first-order chi connectivity index (χ1) is 15.7. The van der Waals surface area contributed by atoms with Crippen LogP contribution in [0.1, 0.15) is 42.1 Å². The van der Waals surface area contributed by atoms with Crippen molar-refractivity contribution in [2.45, 2.75) is 38.8 Å². The Kier molecular flexibility index (Phi) is 7.40. The quantitative estimate of drug-likeness (QED) is 0.457. The molecule has 4 rings (SSSR count). The fourth-order valence-electron chi connectivity index (χ4n) is 4.72. The Balaban J connectivity index is 1.61. The molecule has 1 saturated heterocycles. The molecule has 3 aromatic rings. The predicted molar refractivity (Wildman–Crippen MR) is 133 cm³/mol. The molecule has 1 fully saturated rings. The van der Waals surface area contributed by atoms with Crippen LogP contribution in [0.25, 0.3) is 10.9 Å². The van der Waals surface area contributed by atoms with Crippen LogP contribution in [0.2, 0.25) is 0 Å². The summed E-state index contributed by atoms with van der Waals surface area (Å²) in [7, 11) is 0. The Labute approximate surface area is 191 Å². The van der Waals surface area contributed by atoms with Gasteiger partial charge in [0, 0.05) is 42.4 Å². The van der Waals surface area contributed by atoms with Crippen LogP contribution in [0.3, 0.4) is 0 Å². The zero-order chi connectivity index (χ0) is 22.3. The molecule has 2 aromatic carbocycles. The summed E-state index contributed by atoms with van der Waals surface area (Å²) in [4.78, 5) is 7.30. The maximum Gasteiger partial charge on any atom is 0.145 e. The molecule has 2 heterocycles. The standard InChI is InChI=1S/C27H34N4O/c1-3-15-31-16-7-6-12-25(31)22-10-5-4-9-21(22)19-29-24-18-20(2)30-27-23(24)11-8-13-26(27)32-17-14-28/h3-5,8-11,13,18,25H,1,6-7,12,14-17,19,28H2,2H3,(H,29,30)/t25-/m0/s1. The molecule has 168 valence electrons. The molecule has 0 saturated carbocycles. The normalized spacial score (nSPS) is 16.8. The number of likely N-dealkylation sites (tertiary alicyclic amines) is 1. The number of fused-ring (bicyclic) bond motifs is 1. The van der Waals surface area contributed by atoms with E-state index in [1.54, 1.807) is 0 Å². The number of aryl methyl sites for hydroxylation is 1. The maximum absolute atomic E-state index is 5.85. The lowest BCUT2D eigenvalue weighted by molar-refractivity contribution is 0.165. The molecule has 3 N–H and O–H groups in total. The van der Waals surface area contributed by atoms with Crippen LogP contribution in [0.4, 0.5) is 5.69 Å². The third-order valence-corrected chi connectivity index (χ3v) is 6.17. The van der Waals surface area contributed by atoms with Crippen LogP contribution in [-0.4, -0.2) is 36.1 Å². The number of nitrogens with zero attached hydrogens (tertiary/aromatic N) is 2. The van der Waals surface area contributed by atoms with Crippen molar-refractivity contribution in [3.63, 3.8) is 0 Å². The zero-order valence-electron chi connectivity index (χ0n) is 19.0. The Morgan fingerprint density at radius 1 is 1.22 bits per heavy atom. The van der Waals surface area contributed by atoms with Gasteiger partial charge in [-0.15, -0.1) is 6.58 Å². The van der Waals surface area contributed by atoms with Crippen molar-refractivity contribution in [1.82, 2.24) is 9.88 Å². The molecule has 0 spiro atoms. The van der Waals surface area contributed by atoms with Gasteiger partial charge in [0.1, 0.15) is 17.9 Å². The van der Waals surface area contributed by atoms with E-state index in [1.807, 2.05) is 25.1 Å². The highest BCUT2D eigenvalue weighted by Crippen LogP contribution is 2.34. The summed E-state index contributed by atoms with van der Waals surface area (Å²) in [6.45, 7) is 9.79. The van der Waals surface area contributed by atoms with Crippen LogP contribution in [0.15, 0.2) is 61.2 Å². The van der Waals surface area contributed by atoms with E-state index in [2.05, 4.69) is 53.2 Å². The van der Waals surface area contributed by atoms with Crippen LogP contribution in [0.5, 0.6) is 5.75 Å². The molecule has 5 nitrogen and oxygen atoms in total. The number of para-hydroxylation sites is 1. The van der Waals surface area contributed by atoms with Gasteiger partial charge in [-0.1, -0.05) is 48.9 Å². The molecule has 5 heteroatoms. The molecule has 0 unspecified atom stereocenters. The highest BCUT2D eigenvalue weighted by atomic mass is 16.5. The molecule has 0 bridgehead atoms. The van der Waals surface area contributed by atoms with E-state index in [0.29, 0.717) is 19.2 Å². The largest absolute Gasteiger partial charge is 0.490 e. The summed E-state index contributed by atoms with van der Waals surface area (Å²) in [6, 6.07) is 17.5. The van der Waals surface area contributed by atoms with Gasteiger partial charge < -0.3 is 15.8 Å². The lowest BCUT2D eigenvalue weighted by Crippen LogP contribution is -2.34. The topological polar surface area (TPSA) is 63.4 Å². The van der Waals surface area contributed by atoms with E-state index in [1.165, 1.54) is 30.4 Å². The minimum Gasteiger partial charge on any atom is -0.490 e.